The van der Waals surface area contributed by atoms with Gasteiger partial charge in [0.15, 0.2) is 11.5 Å². The molecule has 0 aromatic heterocycles. The molecule has 30 heavy (non-hydrogen) atoms. The third-order valence-electron chi connectivity index (χ3n) is 5.31. The Morgan fingerprint density at radius 2 is 1.63 bits per heavy atom. The van der Waals surface area contributed by atoms with Crippen LogP contribution in [0.4, 0.5) is 5.69 Å². The zero-order chi connectivity index (χ0) is 21.3. The largest absolute Gasteiger partial charge is 0.502 e. The van der Waals surface area contributed by atoms with E-state index in [-0.39, 0.29) is 23.2 Å². The molecule has 1 unspecified atom stereocenters. The maximum absolute atomic E-state index is 13.4. The van der Waals surface area contributed by atoms with Gasteiger partial charge in [-0.1, -0.05) is 42.0 Å². The molecule has 4 rings (SSSR count). The van der Waals surface area contributed by atoms with Gasteiger partial charge in [0.1, 0.15) is 6.17 Å². The van der Waals surface area contributed by atoms with Crippen molar-refractivity contribution in [1.29, 1.82) is 0 Å². The minimum Gasteiger partial charge on any atom is -0.502 e. The van der Waals surface area contributed by atoms with Crippen LogP contribution in [0.1, 0.15) is 33.2 Å². The van der Waals surface area contributed by atoms with Crippen molar-refractivity contribution in [2.45, 2.75) is 19.6 Å². The van der Waals surface area contributed by atoms with Crippen LogP contribution in [0.25, 0.3) is 0 Å². The molecule has 154 valence electrons. The minimum atomic E-state index is -0.461. The van der Waals surface area contributed by atoms with Crippen LogP contribution in [0.5, 0.6) is 17.2 Å². The summed E-state index contributed by atoms with van der Waals surface area (Å²) in [5, 5.41) is 13.8. The number of phenols is 1. The second kappa shape index (κ2) is 7.99. The van der Waals surface area contributed by atoms with Gasteiger partial charge in [0.25, 0.3) is 5.91 Å². The van der Waals surface area contributed by atoms with E-state index in [9.17, 15) is 9.90 Å². The Kier molecular flexibility index (Phi) is 5.23. The number of aryl methyl sites for hydroxylation is 1. The number of benzene rings is 3. The van der Waals surface area contributed by atoms with E-state index >= 15 is 0 Å². The van der Waals surface area contributed by atoms with Crippen molar-refractivity contribution < 1.29 is 19.4 Å². The highest BCUT2D eigenvalue weighted by Gasteiger charge is 2.34. The molecule has 2 N–H and O–H groups in total. The van der Waals surface area contributed by atoms with E-state index in [0.717, 1.165) is 22.4 Å². The number of hydrogen-bond donors (Lipinski definition) is 2. The van der Waals surface area contributed by atoms with E-state index in [2.05, 4.69) is 5.32 Å². The first kappa shape index (κ1) is 19.6. The van der Waals surface area contributed by atoms with Crippen molar-refractivity contribution in [3.8, 4) is 17.2 Å². The molecule has 6 nitrogen and oxygen atoms in total. The predicted molar refractivity (Wildman–Crippen MR) is 115 cm³/mol. The van der Waals surface area contributed by atoms with Gasteiger partial charge in [0.2, 0.25) is 5.75 Å². The molecule has 0 spiro atoms. The summed E-state index contributed by atoms with van der Waals surface area (Å²) < 4.78 is 10.6. The molecule has 0 aliphatic carbocycles. The number of aromatic hydroxyl groups is 1. The van der Waals surface area contributed by atoms with Crippen molar-refractivity contribution in [2.24, 2.45) is 0 Å². The summed E-state index contributed by atoms with van der Waals surface area (Å²) >= 11 is 0. The molecule has 3 aromatic carbocycles. The van der Waals surface area contributed by atoms with E-state index < -0.39 is 6.17 Å². The predicted octanol–water partition coefficient (Wildman–Crippen LogP) is 4.48. The van der Waals surface area contributed by atoms with Gasteiger partial charge >= 0.3 is 0 Å². The van der Waals surface area contributed by atoms with Gasteiger partial charge in [-0.3, -0.25) is 4.79 Å². The summed E-state index contributed by atoms with van der Waals surface area (Å²) in [6.07, 6.45) is -0.461. The zero-order valence-corrected chi connectivity index (χ0v) is 17.2. The Bertz CT molecular complexity index is 1050. The first-order valence-corrected chi connectivity index (χ1v) is 9.68. The van der Waals surface area contributed by atoms with Crippen LogP contribution < -0.4 is 14.8 Å². The zero-order valence-electron chi connectivity index (χ0n) is 17.2. The lowest BCUT2D eigenvalue weighted by molar-refractivity contribution is 0.0666. The maximum atomic E-state index is 13.4. The van der Waals surface area contributed by atoms with Crippen molar-refractivity contribution >= 4 is 11.6 Å². The monoisotopic (exact) mass is 404 g/mol. The highest BCUT2D eigenvalue weighted by molar-refractivity contribution is 6.01. The van der Waals surface area contributed by atoms with Crippen molar-refractivity contribution in [2.75, 3.05) is 19.5 Å². The summed E-state index contributed by atoms with van der Waals surface area (Å²) in [7, 11) is 2.97. The van der Waals surface area contributed by atoms with Gasteiger partial charge in [-0.2, -0.15) is 0 Å². The van der Waals surface area contributed by atoms with Gasteiger partial charge < -0.3 is 24.8 Å². The van der Waals surface area contributed by atoms with Crippen LogP contribution in [-0.2, 0) is 6.54 Å². The normalized spacial score (nSPS) is 15.4. The Morgan fingerprint density at radius 3 is 2.27 bits per heavy atom. The Morgan fingerprint density at radius 1 is 1.00 bits per heavy atom. The molecule has 0 bridgehead atoms. The molecular formula is C24H24N2O4. The summed E-state index contributed by atoms with van der Waals surface area (Å²) in [5.74, 6) is 0.429. The summed E-state index contributed by atoms with van der Waals surface area (Å²) in [6, 6.07) is 19.0. The number of anilines is 1. The van der Waals surface area contributed by atoms with Gasteiger partial charge in [-0.05, 0) is 36.8 Å². The lowest BCUT2D eigenvalue weighted by Gasteiger charge is -2.38. The Hall–Kier alpha value is -3.67. The number of methoxy groups -OCH3 is 2. The van der Waals surface area contributed by atoms with Crippen LogP contribution in [0.3, 0.4) is 0 Å². The van der Waals surface area contributed by atoms with Crippen LogP contribution >= 0.6 is 0 Å². The van der Waals surface area contributed by atoms with E-state index in [1.54, 1.807) is 17.0 Å². The fourth-order valence-corrected chi connectivity index (χ4v) is 3.68. The number of carbonyl (C=O) groups excluding carboxylic acids is 1. The molecule has 1 atom stereocenters. The molecule has 3 aromatic rings. The van der Waals surface area contributed by atoms with Gasteiger partial charge in [0.05, 0.1) is 19.8 Å². The average molecular weight is 404 g/mol. The molecule has 1 aliphatic rings. The summed E-state index contributed by atoms with van der Waals surface area (Å²) in [5.41, 5.74) is 4.32. The average Bonchev–Trinajstić information content (AvgIpc) is 2.77. The van der Waals surface area contributed by atoms with E-state index in [0.29, 0.717) is 12.1 Å². The lowest BCUT2D eigenvalue weighted by Crippen LogP contribution is -2.42. The molecule has 0 radical (unpaired) electrons. The Balaban J connectivity index is 1.80. The molecule has 0 saturated carbocycles. The molecule has 1 aliphatic heterocycles. The third kappa shape index (κ3) is 3.52. The molecule has 1 amide bonds. The quantitative estimate of drug-likeness (QED) is 0.656. The third-order valence-corrected chi connectivity index (χ3v) is 5.31. The molecular weight excluding hydrogens is 380 g/mol. The minimum absolute atomic E-state index is 0.0686. The van der Waals surface area contributed by atoms with Crippen molar-refractivity contribution in [1.82, 2.24) is 4.90 Å². The SMILES string of the molecule is COc1cc(C2Nc3ccccc3C(=O)N2Cc2ccc(C)cc2)cc(OC)c1O. The maximum Gasteiger partial charge on any atom is 0.258 e. The van der Waals surface area contributed by atoms with Gasteiger partial charge in [-0.15, -0.1) is 0 Å². The standard InChI is InChI=1S/C24H24N2O4/c1-15-8-10-16(11-9-15)14-26-23(25-19-7-5-4-6-18(19)24(26)28)17-12-20(29-2)22(27)21(13-17)30-3/h4-13,23,25,27H,14H2,1-3H3. The number of phenolic OH excluding ortho intramolecular Hbond substituents is 1. The molecule has 1 heterocycles. The number of hydrogen-bond acceptors (Lipinski definition) is 5. The highest BCUT2D eigenvalue weighted by atomic mass is 16.5. The van der Waals surface area contributed by atoms with Crippen LogP contribution in [-0.4, -0.2) is 30.1 Å². The van der Waals surface area contributed by atoms with E-state index in [1.165, 1.54) is 14.2 Å². The first-order chi connectivity index (χ1) is 14.5. The van der Waals surface area contributed by atoms with E-state index in [1.807, 2.05) is 55.5 Å². The van der Waals surface area contributed by atoms with Crippen LogP contribution in [0, 0.1) is 6.92 Å². The molecule has 6 heteroatoms. The van der Waals surface area contributed by atoms with Gasteiger partial charge in [-0.25, -0.2) is 0 Å². The smallest absolute Gasteiger partial charge is 0.258 e. The lowest BCUT2D eigenvalue weighted by atomic mass is 10.0. The first-order valence-electron chi connectivity index (χ1n) is 9.68. The number of ether oxygens (including phenoxy) is 2. The molecule has 0 fully saturated rings. The fourth-order valence-electron chi connectivity index (χ4n) is 3.68. The highest BCUT2D eigenvalue weighted by Crippen LogP contribution is 2.42. The second-order valence-electron chi connectivity index (χ2n) is 7.29. The van der Waals surface area contributed by atoms with E-state index in [4.69, 9.17) is 9.47 Å². The van der Waals surface area contributed by atoms with Crippen LogP contribution in [0.15, 0.2) is 60.7 Å². The number of nitrogens with one attached hydrogen (secondary N) is 1. The number of para-hydroxylation sites is 1. The number of rotatable bonds is 5. The number of nitrogens with zero attached hydrogens (tertiary/aromatic N) is 1. The summed E-state index contributed by atoms with van der Waals surface area (Å²) in [6.45, 7) is 2.46. The summed E-state index contributed by atoms with van der Waals surface area (Å²) in [4.78, 5) is 15.2. The topological polar surface area (TPSA) is 71.0 Å². The number of amides is 1. The Labute approximate surface area is 175 Å². The van der Waals surface area contributed by atoms with Crippen molar-refractivity contribution in [3.63, 3.8) is 0 Å². The number of carbonyl (C=O) groups is 1. The second-order valence-corrected chi connectivity index (χ2v) is 7.29. The van der Waals surface area contributed by atoms with Crippen LogP contribution in [0.2, 0.25) is 0 Å². The van der Waals surface area contributed by atoms with Gasteiger partial charge in [0, 0.05) is 17.8 Å². The fraction of sp³-hybridized carbons (Fsp3) is 0.208. The number of fused-ring (bicyclic) bond motifs is 1. The molecule has 0 saturated heterocycles. The van der Waals surface area contributed by atoms with Crippen molar-refractivity contribution in [3.05, 3.63) is 82.9 Å².